The van der Waals surface area contributed by atoms with Crippen molar-refractivity contribution in [2.24, 2.45) is 5.73 Å². The van der Waals surface area contributed by atoms with Gasteiger partial charge < -0.3 is 21.4 Å². The number of aromatic amines is 1. The van der Waals surface area contributed by atoms with Crippen LogP contribution in [-0.4, -0.2) is 35.9 Å². The van der Waals surface area contributed by atoms with E-state index in [9.17, 15) is 9.59 Å². The van der Waals surface area contributed by atoms with Gasteiger partial charge in [0.1, 0.15) is 6.04 Å². The maximum Gasteiger partial charge on any atom is 0.242 e. The minimum Gasteiger partial charge on any atom is -0.361 e. The molecule has 1 aromatic heterocycles. The summed E-state index contributed by atoms with van der Waals surface area (Å²) in [7, 11) is 0. The molecule has 0 saturated carbocycles. The van der Waals surface area contributed by atoms with Crippen LogP contribution >= 0.6 is 0 Å². The minimum atomic E-state index is -0.584. The first-order chi connectivity index (χ1) is 11.2. The van der Waals surface area contributed by atoms with Crippen LogP contribution < -0.4 is 16.4 Å². The van der Waals surface area contributed by atoms with E-state index in [0.717, 1.165) is 16.5 Å². The van der Waals surface area contributed by atoms with Crippen LogP contribution in [0.3, 0.4) is 0 Å². The fourth-order valence-electron chi connectivity index (χ4n) is 2.46. The number of benzene rings is 1. The molecule has 2 amide bonds. The van der Waals surface area contributed by atoms with Crippen LogP contribution in [0, 0.1) is 0 Å². The van der Waals surface area contributed by atoms with E-state index < -0.39 is 6.04 Å². The van der Waals surface area contributed by atoms with Gasteiger partial charge in [-0.15, -0.1) is 0 Å². The van der Waals surface area contributed by atoms with Gasteiger partial charge in [0.15, 0.2) is 0 Å². The molecule has 1 aromatic carbocycles. The van der Waals surface area contributed by atoms with Crippen molar-refractivity contribution in [1.29, 1.82) is 0 Å². The van der Waals surface area contributed by atoms with Gasteiger partial charge in [-0.2, -0.15) is 0 Å². The number of amides is 2. The summed E-state index contributed by atoms with van der Waals surface area (Å²) in [5.74, 6) is -0.311. The smallest absolute Gasteiger partial charge is 0.242 e. The molecule has 6 heteroatoms. The van der Waals surface area contributed by atoms with Crippen LogP contribution in [-0.2, 0) is 16.0 Å². The number of aromatic nitrogens is 1. The van der Waals surface area contributed by atoms with Gasteiger partial charge in [-0.25, -0.2) is 0 Å². The molecule has 6 nitrogen and oxygen atoms in total. The zero-order chi connectivity index (χ0) is 16.7. The molecule has 0 radical (unpaired) electrons. The van der Waals surface area contributed by atoms with Gasteiger partial charge in [-0.3, -0.25) is 9.59 Å². The lowest BCUT2D eigenvalue weighted by Gasteiger charge is -2.18. The lowest BCUT2D eigenvalue weighted by Crippen LogP contribution is -2.48. The molecule has 0 saturated heterocycles. The normalized spacial score (nSPS) is 12.1. The number of fused-ring (bicyclic) bond motifs is 1. The number of rotatable bonds is 8. The van der Waals surface area contributed by atoms with Crippen molar-refractivity contribution in [3.8, 4) is 0 Å². The van der Waals surface area contributed by atoms with Gasteiger partial charge in [-0.05, 0) is 24.6 Å². The highest BCUT2D eigenvalue weighted by Gasteiger charge is 2.21. The molecule has 1 heterocycles. The third kappa shape index (κ3) is 4.56. The van der Waals surface area contributed by atoms with E-state index in [-0.39, 0.29) is 11.8 Å². The molecular weight excluding hydrogens is 292 g/mol. The maximum atomic E-state index is 12.4. The second kappa shape index (κ2) is 8.33. The van der Waals surface area contributed by atoms with E-state index in [4.69, 9.17) is 5.73 Å². The molecular formula is C17H24N4O2. The summed E-state index contributed by atoms with van der Waals surface area (Å²) in [6, 6.07) is 7.32. The number of H-pyrrole nitrogens is 1. The molecule has 1 unspecified atom stereocenters. The Labute approximate surface area is 135 Å². The molecule has 23 heavy (non-hydrogen) atoms. The molecule has 0 spiro atoms. The first-order valence-electron chi connectivity index (χ1n) is 7.97. The van der Waals surface area contributed by atoms with Gasteiger partial charge in [0.05, 0.1) is 0 Å². The summed E-state index contributed by atoms with van der Waals surface area (Å²) in [5, 5.41) is 6.70. The number of hydrogen-bond donors (Lipinski definition) is 4. The maximum absolute atomic E-state index is 12.4. The number of nitrogens with two attached hydrogens (primary N) is 1. The van der Waals surface area contributed by atoms with E-state index >= 15 is 0 Å². The summed E-state index contributed by atoms with van der Waals surface area (Å²) >= 11 is 0. The first-order valence-corrected chi connectivity index (χ1v) is 7.97. The number of carbonyl (C=O) groups excluding carboxylic acids is 2. The second-order valence-electron chi connectivity index (χ2n) is 5.47. The Morgan fingerprint density at radius 3 is 2.83 bits per heavy atom. The third-order valence-corrected chi connectivity index (χ3v) is 3.75. The molecule has 0 aliphatic heterocycles. The van der Waals surface area contributed by atoms with E-state index in [0.29, 0.717) is 32.4 Å². The van der Waals surface area contributed by atoms with Crippen molar-refractivity contribution >= 4 is 22.7 Å². The van der Waals surface area contributed by atoms with Crippen molar-refractivity contribution in [3.63, 3.8) is 0 Å². The molecule has 124 valence electrons. The predicted octanol–water partition coefficient (Wildman–Crippen LogP) is 1.07. The molecule has 0 aliphatic rings. The van der Waals surface area contributed by atoms with Crippen LogP contribution in [0.5, 0.6) is 0 Å². The standard InChI is InChI=1S/C17H24N4O2/c1-2-16(22)21-15(17(23)19-9-5-8-18)10-12-11-20-14-7-4-3-6-13(12)14/h3-4,6-7,11,15,20H,2,5,8-10,18H2,1H3,(H,19,23)(H,21,22). The van der Waals surface area contributed by atoms with Crippen molar-refractivity contribution in [2.45, 2.75) is 32.2 Å². The Morgan fingerprint density at radius 2 is 2.09 bits per heavy atom. The highest BCUT2D eigenvalue weighted by atomic mass is 16.2. The Kier molecular flexibility index (Phi) is 6.17. The highest BCUT2D eigenvalue weighted by molar-refractivity contribution is 5.89. The zero-order valence-corrected chi connectivity index (χ0v) is 13.4. The Balaban J connectivity index is 2.13. The lowest BCUT2D eigenvalue weighted by molar-refractivity contribution is -0.128. The molecule has 5 N–H and O–H groups in total. The Hall–Kier alpha value is -2.34. The summed E-state index contributed by atoms with van der Waals surface area (Å²) in [4.78, 5) is 27.3. The summed E-state index contributed by atoms with van der Waals surface area (Å²) in [5.41, 5.74) is 7.47. The van der Waals surface area contributed by atoms with Gasteiger partial charge in [0.2, 0.25) is 11.8 Å². The van der Waals surface area contributed by atoms with Gasteiger partial charge >= 0.3 is 0 Å². The molecule has 0 aliphatic carbocycles. The number of carbonyl (C=O) groups is 2. The fraction of sp³-hybridized carbons (Fsp3) is 0.412. The minimum absolute atomic E-state index is 0.135. The first kappa shape index (κ1) is 17.0. The lowest BCUT2D eigenvalue weighted by atomic mass is 10.0. The van der Waals surface area contributed by atoms with Crippen molar-refractivity contribution in [3.05, 3.63) is 36.0 Å². The van der Waals surface area contributed by atoms with Crippen LogP contribution in [0.2, 0.25) is 0 Å². The second-order valence-corrected chi connectivity index (χ2v) is 5.47. The largest absolute Gasteiger partial charge is 0.361 e. The Morgan fingerprint density at radius 1 is 1.30 bits per heavy atom. The average molecular weight is 316 g/mol. The average Bonchev–Trinajstić information content (AvgIpc) is 2.97. The van der Waals surface area contributed by atoms with Crippen molar-refractivity contribution in [2.75, 3.05) is 13.1 Å². The highest BCUT2D eigenvalue weighted by Crippen LogP contribution is 2.19. The van der Waals surface area contributed by atoms with Gasteiger partial charge in [0, 0.05) is 36.5 Å². The van der Waals surface area contributed by atoms with Gasteiger partial charge in [0.25, 0.3) is 0 Å². The van der Waals surface area contributed by atoms with Crippen LogP contribution in [0.1, 0.15) is 25.3 Å². The van der Waals surface area contributed by atoms with Crippen molar-refractivity contribution in [1.82, 2.24) is 15.6 Å². The quantitative estimate of drug-likeness (QED) is 0.548. The summed E-state index contributed by atoms with van der Waals surface area (Å²) in [6.45, 7) is 2.81. The molecule has 1 atom stereocenters. The molecule has 2 aromatic rings. The Bertz CT molecular complexity index is 665. The fourth-order valence-corrected chi connectivity index (χ4v) is 2.46. The van der Waals surface area contributed by atoms with E-state index in [1.54, 1.807) is 6.92 Å². The molecule has 0 bridgehead atoms. The number of hydrogen-bond acceptors (Lipinski definition) is 3. The number of nitrogens with one attached hydrogen (secondary N) is 3. The van der Waals surface area contributed by atoms with E-state index in [1.165, 1.54) is 0 Å². The number of para-hydroxylation sites is 1. The van der Waals surface area contributed by atoms with Gasteiger partial charge in [-0.1, -0.05) is 25.1 Å². The van der Waals surface area contributed by atoms with Crippen LogP contribution in [0.15, 0.2) is 30.5 Å². The zero-order valence-electron chi connectivity index (χ0n) is 13.4. The monoisotopic (exact) mass is 316 g/mol. The van der Waals surface area contributed by atoms with E-state index in [1.807, 2.05) is 30.5 Å². The predicted molar refractivity (Wildman–Crippen MR) is 90.9 cm³/mol. The van der Waals surface area contributed by atoms with E-state index in [2.05, 4.69) is 15.6 Å². The topological polar surface area (TPSA) is 100 Å². The summed E-state index contributed by atoms with van der Waals surface area (Å²) < 4.78 is 0. The van der Waals surface area contributed by atoms with Crippen LogP contribution in [0.4, 0.5) is 0 Å². The molecule has 0 fully saturated rings. The van der Waals surface area contributed by atoms with Crippen molar-refractivity contribution < 1.29 is 9.59 Å². The third-order valence-electron chi connectivity index (χ3n) is 3.75. The van der Waals surface area contributed by atoms with Crippen LogP contribution in [0.25, 0.3) is 10.9 Å². The SMILES string of the molecule is CCC(=O)NC(Cc1c[nH]c2ccccc12)C(=O)NCCCN. The molecule has 2 rings (SSSR count). The summed E-state index contributed by atoms with van der Waals surface area (Å²) in [6.07, 6.45) is 3.40.